The maximum atomic E-state index is 13.8. The molecule has 1 N–H and O–H groups in total. The lowest BCUT2D eigenvalue weighted by Crippen LogP contribution is -1.88. The lowest BCUT2D eigenvalue weighted by atomic mass is 10.0. The van der Waals surface area contributed by atoms with Crippen LogP contribution in [0.3, 0.4) is 0 Å². The van der Waals surface area contributed by atoms with E-state index >= 15 is 0 Å². The van der Waals surface area contributed by atoms with Gasteiger partial charge in [-0.3, -0.25) is 0 Å². The van der Waals surface area contributed by atoms with Crippen LogP contribution < -0.4 is 0 Å². The summed E-state index contributed by atoms with van der Waals surface area (Å²) in [4.78, 5) is 5.37. The highest BCUT2D eigenvalue weighted by atomic mass is 32.1. The fraction of sp³-hybridized carbons (Fsp3) is 0.188. The van der Waals surface area contributed by atoms with Gasteiger partial charge in [-0.1, -0.05) is 24.3 Å². The predicted molar refractivity (Wildman–Crippen MR) is 80.4 cm³/mol. The lowest BCUT2D eigenvalue weighted by Gasteiger charge is -2.04. The van der Waals surface area contributed by atoms with Crippen LogP contribution in [-0.4, -0.2) is 10.1 Å². The number of aromatic nitrogens is 1. The average molecular weight is 287 g/mol. The Morgan fingerprint density at radius 1 is 1.15 bits per heavy atom. The molecule has 102 valence electrons. The summed E-state index contributed by atoms with van der Waals surface area (Å²) in [5, 5.41) is 12.0. The van der Waals surface area contributed by atoms with Gasteiger partial charge in [0.05, 0.1) is 16.7 Å². The van der Waals surface area contributed by atoms with Crippen molar-refractivity contribution >= 4 is 22.1 Å². The molecule has 3 aromatic rings. The van der Waals surface area contributed by atoms with E-state index in [-0.39, 0.29) is 5.82 Å². The fourth-order valence-corrected chi connectivity index (χ4v) is 3.40. The van der Waals surface area contributed by atoms with Crippen molar-refractivity contribution in [2.24, 2.45) is 0 Å². The van der Waals surface area contributed by atoms with Crippen LogP contribution in [0.15, 0.2) is 36.4 Å². The van der Waals surface area contributed by atoms with Crippen LogP contribution in [0.5, 0.6) is 0 Å². The van der Waals surface area contributed by atoms with Gasteiger partial charge >= 0.3 is 0 Å². The summed E-state index contributed by atoms with van der Waals surface area (Å²) in [5.41, 5.74) is 1.73. The minimum Gasteiger partial charge on any atom is -0.388 e. The molecule has 0 bridgehead atoms. The molecule has 0 aliphatic rings. The molecule has 3 rings (SSSR count). The highest BCUT2D eigenvalue weighted by Gasteiger charge is 2.15. The Kier molecular flexibility index (Phi) is 3.28. The topological polar surface area (TPSA) is 33.1 Å². The summed E-state index contributed by atoms with van der Waals surface area (Å²) in [7, 11) is 0. The molecule has 0 saturated carbocycles. The predicted octanol–water partition coefficient (Wildman–Crippen LogP) is 4.46. The molecule has 0 aliphatic carbocycles. The van der Waals surface area contributed by atoms with Crippen molar-refractivity contribution in [1.82, 2.24) is 4.98 Å². The van der Waals surface area contributed by atoms with Crippen LogP contribution in [-0.2, 0) is 0 Å². The van der Waals surface area contributed by atoms with Crippen molar-refractivity contribution in [3.8, 4) is 10.6 Å². The first-order chi connectivity index (χ1) is 9.58. The van der Waals surface area contributed by atoms with Crippen molar-refractivity contribution in [3.05, 3.63) is 52.8 Å². The van der Waals surface area contributed by atoms with Crippen LogP contribution in [0.4, 0.5) is 4.39 Å². The fourth-order valence-electron chi connectivity index (χ4n) is 2.36. The third-order valence-electron chi connectivity index (χ3n) is 3.31. The molecule has 1 atom stereocenters. The van der Waals surface area contributed by atoms with E-state index in [0.717, 1.165) is 26.5 Å². The summed E-state index contributed by atoms with van der Waals surface area (Å²) >= 11 is 1.46. The Bertz CT molecular complexity index is 779. The van der Waals surface area contributed by atoms with E-state index < -0.39 is 6.10 Å². The zero-order valence-corrected chi connectivity index (χ0v) is 12.0. The van der Waals surface area contributed by atoms with Gasteiger partial charge in [0.2, 0.25) is 0 Å². The number of thiazole rings is 1. The molecule has 0 amide bonds. The summed E-state index contributed by atoms with van der Waals surface area (Å²) in [6.45, 7) is 3.61. The standard InChI is InChI=1S/C16H14FNOS/c1-9-15(10(2)19)20-16(18-9)13-7-8-14(17)12-6-4-3-5-11(12)13/h3-8,10,19H,1-2H3. The largest absolute Gasteiger partial charge is 0.388 e. The maximum absolute atomic E-state index is 13.8. The Morgan fingerprint density at radius 2 is 1.85 bits per heavy atom. The molecule has 0 aliphatic heterocycles. The summed E-state index contributed by atoms with van der Waals surface area (Å²) < 4.78 is 13.8. The van der Waals surface area contributed by atoms with E-state index in [0.29, 0.717) is 5.39 Å². The Labute approximate surface area is 120 Å². The van der Waals surface area contributed by atoms with Crippen molar-refractivity contribution in [2.75, 3.05) is 0 Å². The van der Waals surface area contributed by atoms with Gasteiger partial charge in [0.25, 0.3) is 0 Å². The first kappa shape index (κ1) is 13.2. The van der Waals surface area contributed by atoms with E-state index in [1.54, 1.807) is 19.1 Å². The second-order valence-corrected chi connectivity index (χ2v) is 5.82. The van der Waals surface area contributed by atoms with Crippen molar-refractivity contribution < 1.29 is 9.50 Å². The van der Waals surface area contributed by atoms with Gasteiger partial charge in [0.1, 0.15) is 10.8 Å². The number of benzene rings is 2. The number of aliphatic hydroxyl groups is 1. The van der Waals surface area contributed by atoms with Crippen LogP contribution in [0.25, 0.3) is 21.3 Å². The highest BCUT2D eigenvalue weighted by molar-refractivity contribution is 7.15. The number of aryl methyl sites for hydroxylation is 1. The Morgan fingerprint density at radius 3 is 2.50 bits per heavy atom. The summed E-state index contributed by atoms with van der Waals surface area (Å²) in [6, 6.07) is 10.6. The van der Waals surface area contributed by atoms with Crippen LogP contribution in [0.2, 0.25) is 0 Å². The monoisotopic (exact) mass is 287 g/mol. The Balaban J connectivity index is 2.25. The highest BCUT2D eigenvalue weighted by Crippen LogP contribution is 2.36. The summed E-state index contributed by atoms with van der Waals surface area (Å²) in [5.74, 6) is -0.228. The van der Waals surface area contributed by atoms with Crippen molar-refractivity contribution in [3.63, 3.8) is 0 Å². The zero-order valence-electron chi connectivity index (χ0n) is 11.2. The van der Waals surface area contributed by atoms with Gasteiger partial charge in [0, 0.05) is 10.9 Å². The van der Waals surface area contributed by atoms with Gasteiger partial charge < -0.3 is 5.11 Å². The molecule has 2 aromatic carbocycles. The van der Waals surface area contributed by atoms with Gasteiger partial charge in [-0.25, -0.2) is 9.37 Å². The van der Waals surface area contributed by atoms with Crippen LogP contribution in [0, 0.1) is 12.7 Å². The minimum absolute atomic E-state index is 0.228. The number of aliphatic hydroxyl groups excluding tert-OH is 1. The first-order valence-electron chi connectivity index (χ1n) is 6.41. The number of fused-ring (bicyclic) bond motifs is 1. The molecule has 4 heteroatoms. The van der Waals surface area contributed by atoms with Gasteiger partial charge in [-0.05, 0) is 31.4 Å². The van der Waals surface area contributed by atoms with Gasteiger partial charge in [-0.15, -0.1) is 11.3 Å². The zero-order chi connectivity index (χ0) is 14.3. The van der Waals surface area contributed by atoms with Gasteiger partial charge in [0.15, 0.2) is 0 Å². The number of hydrogen-bond acceptors (Lipinski definition) is 3. The second kappa shape index (κ2) is 4.96. The molecule has 0 radical (unpaired) electrons. The normalized spacial score (nSPS) is 12.8. The molecule has 0 spiro atoms. The van der Waals surface area contributed by atoms with Gasteiger partial charge in [-0.2, -0.15) is 0 Å². The van der Waals surface area contributed by atoms with Crippen LogP contribution >= 0.6 is 11.3 Å². The van der Waals surface area contributed by atoms with Crippen molar-refractivity contribution in [1.29, 1.82) is 0 Å². The molecule has 0 fully saturated rings. The van der Waals surface area contributed by atoms with E-state index in [1.165, 1.54) is 17.4 Å². The molecule has 1 heterocycles. The SMILES string of the molecule is Cc1nc(-c2ccc(F)c3ccccc23)sc1C(C)O. The molecule has 2 nitrogen and oxygen atoms in total. The third-order valence-corrected chi connectivity index (χ3v) is 4.67. The molecular formula is C16H14FNOS. The summed E-state index contributed by atoms with van der Waals surface area (Å²) in [6.07, 6.45) is -0.534. The van der Waals surface area contributed by atoms with Crippen LogP contribution in [0.1, 0.15) is 23.6 Å². The number of rotatable bonds is 2. The minimum atomic E-state index is -0.534. The van der Waals surface area contributed by atoms with E-state index in [4.69, 9.17) is 0 Å². The molecule has 1 aromatic heterocycles. The van der Waals surface area contributed by atoms with Crippen molar-refractivity contribution in [2.45, 2.75) is 20.0 Å². The quantitative estimate of drug-likeness (QED) is 0.754. The molecule has 1 unspecified atom stereocenters. The van der Waals surface area contributed by atoms with E-state index in [9.17, 15) is 9.50 Å². The Hall–Kier alpha value is -1.78. The lowest BCUT2D eigenvalue weighted by molar-refractivity contribution is 0.202. The first-order valence-corrected chi connectivity index (χ1v) is 7.22. The molecule has 0 saturated heterocycles. The van der Waals surface area contributed by atoms with E-state index in [2.05, 4.69) is 4.98 Å². The average Bonchev–Trinajstić information content (AvgIpc) is 2.81. The molecule has 20 heavy (non-hydrogen) atoms. The smallest absolute Gasteiger partial charge is 0.131 e. The van der Waals surface area contributed by atoms with E-state index in [1.807, 2.05) is 25.1 Å². The maximum Gasteiger partial charge on any atom is 0.131 e. The molecular weight excluding hydrogens is 273 g/mol. The number of hydrogen-bond donors (Lipinski definition) is 1. The number of halogens is 1. The third kappa shape index (κ3) is 2.11. The second-order valence-electron chi connectivity index (χ2n) is 4.79. The number of nitrogens with zero attached hydrogens (tertiary/aromatic N) is 1.